The van der Waals surface area contributed by atoms with Crippen LogP contribution in [0.15, 0.2) is 0 Å². The Kier molecular flexibility index (Phi) is 28.0. The average Bonchev–Trinajstić information content (AvgIpc) is 2.92. The minimum atomic E-state index is -4.01. The third kappa shape index (κ3) is 26.7. The van der Waals surface area contributed by atoms with E-state index < -0.39 is 10.1 Å². The predicted molar refractivity (Wildman–Crippen MR) is 190 cm³/mol. The van der Waals surface area contributed by atoms with Gasteiger partial charge in [-0.05, 0) is 33.4 Å². The first-order chi connectivity index (χ1) is 20.5. The molecule has 0 fully saturated rings. The Balaban J connectivity index is 4.37. The van der Waals surface area contributed by atoms with Gasteiger partial charge in [-0.15, -0.1) is 0 Å². The molecular formula is C37H79N2O3S+. The van der Waals surface area contributed by atoms with Crippen molar-refractivity contribution < 1.29 is 17.5 Å². The highest BCUT2D eigenvalue weighted by Crippen LogP contribution is 2.27. The molecule has 0 saturated heterocycles. The van der Waals surface area contributed by atoms with E-state index in [4.69, 9.17) is 0 Å². The molecule has 0 heterocycles. The molecular weight excluding hydrogens is 552 g/mol. The van der Waals surface area contributed by atoms with Crippen molar-refractivity contribution in [1.29, 1.82) is 0 Å². The zero-order valence-electron chi connectivity index (χ0n) is 30.2. The highest BCUT2D eigenvalue weighted by atomic mass is 32.2. The quantitative estimate of drug-likeness (QED) is 0.0339. The van der Waals surface area contributed by atoms with Gasteiger partial charge in [0.25, 0.3) is 10.1 Å². The van der Waals surface area contributed by atoms with E-state index in [1.54, 1.807) is 0 Å². The Morgan fingerprint density at radius 3 is 1.14 bits per heavy atom. The van der Waals surface area contributed by atoms with Crippen molar-refractivity contribution in [3.05, 3.63) is 0 Å². The zero-order chi connectivity index (χ0) is 32.2. The molecule has 0 saturated carbocycles. The summed E-state index contributed by atoms with van der Waals surface area (Å²) >= 11 is 0. The summed E-state index contributed by atoms with van der Waals surface area (Å²) in [5, 5.41) is 0. The van der Waals surface area contributed by atoms with Gasteiger partial charge in [-0.2, -0.15) is 8.42 Å². The lowest BCUT2D eigenvalue weighted by molar-refractivity contribution is -0.930. The van der Waals surface area contributed by atoms with Gasteiger partial charge in [-0.25, -0.2) is 0 Å². The van der Waals surface area contributed by atoms with Crippen LogP contribution in [0.5, 0.6) is 0 Å². The molecule has 0 aromatic carbocycles. The molecule has 0 aromatic rings. The number of nitrogens with zero attached hydrogens (tertiary/aromatic N) is 2. The smallest absolute Gasteiger partial charge is 0.265 e. The largest absolute Gasteiger partial charge is 0.313 e. The molecule has 1 N–H and O–H groups in total. The van der Waals surface area contributed by atoms with Crippen LogP contribution in [-0.4, -0.2) is 69.0 Å². The first-order valence-electron chi connectivity index (χ1n) is 19.0. The standard InChI is InChI=1S/C37H78N2O3S/c1-7-9-11-13-15-17-19-21-22-24-26-28-30-32-34-39(5,6)37(38(3)4)36(35-43(40,41)42)33-31-29-27-25-23-20-18-16-14-12-10-8-2/h36-37H,7-35H2,1-6H3/p+1. The normalized spacial score (nSPS) is 14.0. The third-order valence-corrected chi connectivity index (χ3v) is 10.5. The lowest BCUT2D eigenvalue weighted by atomic mass is 9.96. The van der Waals surface area contributed by atoms with Gasteiger partial charge >= 0.3 is 0 Å². The van der Waals surface area contributed by atoms with Crippen LogP contribution in [0.1, 0.15) is 187 Å². The summed E-state index contributed by atoms with van der Waals surface area (Å²) in [6.45, 7) is 5.60. The molecule has 0 aliphatic heterocycles. The van der Waals surface area contributed by atoms with Crippen LogP contribution in [0, 0.1) is 5.92 Å². The van der Waals surface area contributed by atoms with Crippen molar-refractivity contribution in [3.63, 3.8) is 0 Å². The van der Waals surface area contributed by atoms with Crippen LogP contribution in [0.4, 0.5) is 0 Å². The van der Waals surface area contributed by atoms with E-state index in [9.17, 15) is 13.0 Å². The van der Waals surface area contributed by atoms with Gasteiger partial charge in [0.15, 0.2) is 0 Å². The number of hydrogen-bond acceptors (Lipinski definition) is 3. The highest BCUT2D eigenvalue weighted by molar-refractivity contribution is 7.85. The second-order valence-corrected chi connectivity index (χ2v) is 16.2. The first-order valence-corrected chi connectivity index (χ1v) is 20.6. The number of unbranched alkanes of at least 4 members (excludes halogenated alkanes) is 24. The summed E-state index contributed by atoms with van der Waals surface area (Å²) in [5.41, 5.74) is 0. The molecule has 0 rings (SSSR count). The fourth-order valence-electron chi connectivity index (χ4n) is 7.30. The van der Waals surface area contributed by atoms with Crippen molar-refractivity contribution in [2.24, 2.45) is 5.92 Å². The Labute approximate surface area is 271 Å². The van der Waals surface area contributed by atoms with Crippen molar-refractivity contribution in [2.75, 3.05) is 40.5 Å². The fourth-order valence-corrected chi connectivity index (χ4v) is 8.18. The Morgan fingerprint density at radius 1 is 0.535 bits per heavy atom. The van der Waals surface area contributed by atoms with Gasteiger partial charge in [0, 0.05) is 5.92 Å². The van der Waals surface area contributed by atoms with Gasteiger partial charge in [0.05, 0.1) is 26.4 Å². The van der Waals surface area contributed by atoms with Crippen LogP contribution in [0.25, 0.3) is 0 Å². The predicted octanol–water partition coefficient (Wildman–Crippen LogP) is 11.0. The lowest BCUT2D eigenvalue weighted by Gasteiger charge is -2.45. The van der Waals surface area contributed by atoms with Crippen LogP contribution in [0.2, 0.25) is 0 Å². The SMILES string of the molecule is CCCCCCCCCCCCCCCC[N+](C)(C)C(C(CCCCCCCCCCCCCC)CS(=O)(=O)O)N(C)C. The number of rotatable bonds is 33. The van der Waals surface area contributed by atoms with Gasteiger partial charge < -0.3 is 4.48 Å². The monoisotopic (exact) mass is 632 g/mol. The number of quaternary nitrogens is 1. The summed E-state index contributed by atoms with van der Waals surface area (Å²) in [6.07, 6.45) is 35.6. The third-order valence-electron chi connectivity index (χ3n) is 9.61. The molecule has 6 heteroatoms. The van der Waals surface area contributed by atoms with E-state index in [0.29, 0.717) is 0 Å². The Morgan fingerprint density at radius 2 is 0.837 bits per heavy atom. The summed E-state index contributed by atoms with van der Waals surface area (Å²) in [6, 6.07) is 0. The topological polar surface area (TPSA) is 57.6 Å². The molecule has 0 aliphatic carbocycles. The summed E-state index contributed by atoms with van der Waals surface area (Å²) in [7, 11) is 4.65. The molecule has 0 radical (unpaired) electrons. The van der Waals surface area contributed by atoms with Crippen LogP contribution in [0.3, 0.4) is 0 Å². The van der Waals surface area contributed by atoms with Gasteiger partial charge in [-0.1, -0.05) is 168 Å². The van der Waals surface area contributed by atoms with Crippen LogP contribution >= 0.6 is 0 Å². The molecule has 0 aliphatic rings. The van der Waals surface area contributed by atoms with Crippen LogP contribution < -0.4 is 0 Å². The second kappa shape index (κ2) is 28.1. The van der Waals surface area contributed by atoms with Gasteiger partial charge in [0.2, 0.25) is 0 Å². The second-order valence-electron chi connectivity index (χ2n) is 14.7. The molecule has 0 spiro atoms. The van der Waals surface area contributed by atoms with Crippen molar-refractivity contribution in [1.82, 2.24) is 4.90 Å². The molecule has 0 bridgehead atoms. The molecule has 2 unspecified atom stereocenters. The summed E-state index contributed by atoms with van der Waals surface area (Å²) in [4.78, 5) is 2.21. The fraction of sp³-hybridized carbons (Fsp3) is 1.00. The average molecular weight is 632 g/mol. The van der Waals surface area contributed by atoms with E-state index in [1.807, 2.05) is 0 Å². The molecule has 5 nitrogen and oxygen atoms in total. The van der Waals surface area contributed by atoms with E-state index >= 15 is 0 Å². The van der Waals surface area contributed by atoms with E-state index in [0.717, 1.165) is 30.3 Å². The number of hydrogen-bond donors (Lipinski definition) is 1. The summed E-state index contributed by atoms with van der Waals surface area (Å²) < 4.78 is 34.7. The maximum absolute atomic E-state index is 12.0. The lowest BCUT2D eigenvalue weighted by Crippen LogP contribution is -2.60. The van der Waals surface area contributed by atoms with Crippen molar-refractivity contribution in [2.45, 2.75) is 193 Å². The minimum absolute atomic E-state index is 0.0604. The Hall–Kier alpha value is -0.170. The van der Waals surface area contributed by atoms with Gasteiger partial charge in [0.1, 0.15) is 6.17 Å². The van der Waals surface area contributed by atoms with Gasteiger partial charge in [-0.3, -0.25) is 9.45 Å². The van der Waals surface area contributed by atoms with E-state index in [1.165, 1.54) is 154 Å². The molecule has 0 aromatic heterocycles. The zero-order valence-corrected chi connectivity index (χ0v) is 31.0. The van der Waals surface area contributed by atoms with Crippen molar-refractivity contribution >= 4 is 10.1 Å². The highest BCUT2D eigenvalue weighted by Gasteiger charge is 2.38. The maximum atomic E-state index is 12.0. The molecule has 2 atom stereocenters. The minimum Gasteiger partial charge on any atom is -0.313 e. The molecule has 43 heavy (non-hydrogen) atoms. The Bertz CT molecular complexity index is 696. The van der Waals surface area contributed by atoms with Crippen molar-refractivity contribution in [3.8, 4) is 0 Å². The first kappa shape index (κ1) is 42.8. The van der Waals surface area contributed by atoms with E-state index in [2.05, 4.69) is 46.9 Å². The summed E-state index contributed by atoms with van der Waals surface area (Å²) in [5.74, 6) is -0.191. The molecule has 0 amide bonds. The maximum Gasteiger partial charge on any atom is 0.265 e. The van der Waals surface area contributed by atoms with E-state index in [-0.39, 0.29) is 17.8 Å². The van der Waals surface area contributed by atoms with Crippen LogP contribution in [-0.2, 0) is 10.1 Å². The molecule has 260 valence electrons.